The van der Waals surface area contributed by atoms with Crippen molar-refractivity contribution >= 4 is 41.4 Å². The van der Waals surface area contributed by atoms with Crippen molar-refractivity contribution in [1.82, 2.24) is 3.53 Å². The number of rotatable bonds is 2. The zero-order valence-electron chi connectivity index (χ0n) is 4.52. The lowest BCUT2D eigenvalue weighted by Crippen LogP contribution is -2.21. The van der Waals surface area contributed by atoms with Gasteiger partial charge in [0.2, 0.25) is 5.91 Å². The maximum absolute atomic E-state index is 10.6. The minimum atomic E-state index is 0.0234. The molecule has 4 heteroatoms. The average molecular weight is 245 g/mol. The van der Waals surface area contributed by atoms with Gasteiger partial charge in [0.25, 0.3) is 0 Å². The summed E-state index contributed by atoms with van der Waals surface area (Å²) in [6.45, 7) is 1.83. The Hall–Kier alpha value is 0.550. The first kappa shape index (κ1) is 8.55. The number of nitrogens with one attached hydrogen (secondary N) is 1. The second-order valence-corrected chi connectivity index (χ2v) is 2.45. The first-order valence-corrected chi connectivity index (χ1v) is 3.94. The third-order valence-corrected chi connectivity index (χ3v) is 1.89. The van der Waals surface area contributed by atoms with Gasteiger partial charge in [0.05, 0.1) is 22.9 Å². The van der Waals surface area contributed by atoms with Crippen LogP contribution in [0.2, 0.25) is 0 Å². The summed E-state index contributed by atoms with van der Waals surface area (Å²) in [6, 6.07) is 0. The summed E-state index contributed by atoms with van der Waals surface area (Å²) in [6.07, 6.45) is 0. The molecular formula is C4H8INOS. The molecule has 0 aromatic heterocycles. The van der Waals surface area contributed by atoms with E-state index in [-0.39, 0.29) is 11.8 Å². The van der Waals surface area contributed by atoms with E-state index in [0.29, 0.717) is 5.75 Å². The predicted octanol–water partition coefficient (Wildman–Crippen LogP) is 1.02. The number of thiol groups is 1. The van der Waals surface area contributed by atoms with Crippen LogP contribution in [-0.2, 0) is 4.79 Å². The van der Waals surface area contributed by atoms with Crippen LogP contribution in [-0.4, -0.2) is 11.7 Å². The summed E-state index contributed by atoms with van der Waals surface area (Å²) in [4.78, 5) is 10.6. The van der Waals surface area contributed by atoms with Crippen LogP contribution in [0.3, 0.4) is 0 Å². The lowest BCUT2D eigenvalue weighted by atomic mass is 10.2. The Bertz CT molecular complexity index is 88.1. The zero-order chi connectivity index (χ0) is 6.57. The number of amides is 1. The standard InChI is InChI=1S/C4H8INOS/c1-3(2-8)4(7)6-5/h3,8H,2H2,1H3,(H,6,7). The normalized spacial score (nSPS) is 12.9. The molecule has 0 saturated heterocycles. The van der Waals surface area contributed by atoms with E-state index in [2.05, 4.69) is 16.2 Å². The zero-order valence-corrected chi connectivity index (χ0v) is 7.57. The molecule has 0 aromatic rings. The highest BCUT2D eigenvalue weighted by Gasteiger charge is 2.07. The van der Waals surface area contributed by atoms with E-state index < -0.39 is 0 Å². The summed E-state index contributed by atoms with van der Waals surface area (Å²) >= 11 is 5.76. The van der Waals surface area contributed by atoms with Gasteiger partial charge in [-0.05, 0) is 0 Å². The van der Waals surface area contributed by atoms with E-state index in [1.807, 2.05) is 29.8 Å². The molecule has 1 N–H and O–H groups in total. The number of carbonyl (C=O) groups excluding carboxylic acids is 1. The fourth-order valence-corrected chi connectivity index (χ4v) is 0.873. The summed E-state index contributed by atoms with van der Waals surface area (Å²) in [5.41, 5.74) is 0. The van der Waals surface area contributed by atoms with Crippen molar-refractivity contribution in [2.24, 2.45) is 5.92 Å². The molecule has 0 aliphatic rings. The monoisotopic (exact) mass is 245 g/mol. The Balaban J connectivity index is 3.46. The molecule has 0 heterocycles. The van der Waals surface area contributed by atoms with Crippen molar-refractivity contribution in [3.63, 3.8) is 0 Å². The molecule has 0 aromatic carbocycles. The lowest BCUT2D eigenvalue weighted by molar-refractivity contribution is -0.121. The van der Waals surface area contributed by atoms with E-state index in [0.717, 1.165) is 0 Å². The van der Waals surface area contributed by atoms with E-state index in [4.69, 9.17) is 0 Å². The lowest BCUT2D eigenvalue weighted by Gasteiger charge is -2.01. The number of carbonyl (C=O) groups is 1. The van der Waals surface area contributed by atoms with Crippen molar-refractivity contribution in [1.29, 1.82) is 0 Å². The van der Waals surface area contributed by atoms with Gasteiger partial charge in [-0.2, -0.15) is 12.6 Å². The van der Waals surface area contributed by atoms with Crippen LogP contribution in [0.5, 0.6) is 0 Å². The molecule has 1 amide bonds. The van der Waals surface area contributed by atoms with E-state index in [9.17, 15) is 4.79 Å². The smallest absolute Gasteiger partial charge is 0.232 e. The maximum Gasteiger partial charge on any atom is 0.232 e. The van der Waals surface area contributed by atoms with E-state index in [1.54, 1.807) is 0 Å². The summed E-state index contributed by atoms with van der Waals surface area (Å²) in [7, 11) is 0. The third-order valence-electron chi connectivity index (χ3n) is 0.815. The first-order chi connectivity index (χ1) is 3.72. The highest BCUT2D eigenvalue weighted by molar-refractivity contribution is 14.1. The van der Waals surface area contributed by atoms with Gasteiger partial charge in [0.1, 0.15) is 0 Å². The van der Waals surface area contributed by atoms with Crippen LogP contribution >= 0.6 is 35.5 Å². The molecular weight excluding hydrogens is 237 g/mol. The molecule has 8 heavy (non-hydrogen) atoms. The van der Waals surface area contributed by atoms with Crippen molar-refractivity contribution in [3.8, 4) is 0 Å². The topological polar surface area (TPSA) is 29.1 Å². The average Bonchev–Trinajstić information content (AvgIpc) is 1.84. The Labute approximate surface area is 68.3 Å². The van der Waals surface area contributed by atoms with Gasteiger partial charge in [-0.25, -0.2) is 0 Å². The third kappa shape index (κ3) is 2.76. The van der Waals surface area contributed by atoms with Crippen molar-refractivity contribution in [2.45, 2.75) is 6.92 Å². The van der Waals surface area contributed by atoms with Gasteiger partial charge < -0.3 is 0 Å². The van der Waals surface area contributed by atoms with E-state index in [1.165, 1.54) is 0 Å². The molecule has 0 saturated carbocycles. The highest BCUT2D eigenvalue weighted by atomic mass is 127. The molecule has 1 atom stereocenters. The fourth-order valence-electron chi connectivity index (χ4n) is 0.176. The number of hydrogen-bond acceptors (Lipinski definition) is 2. The van der Waals surface area contributed by atoms with Crippen LogP contribution in [0.15, 0.2) is 0 Å². The maximum atomic E-state index is 10.6. The van der Waals surface area contributed by atoms with Crippen molar-refractivity contribution in [2.75, 3.05) is 5.75 Å². The Morgan fingerprint density at radius 1 is 2.00 bits per heavy atom. The second kappa shape index (κ2) is 4.43. The van der Waals surface area contributed by atoms with Crippen LogP contribution in [0, 0.1) is 5.92 Å². The Morgan fingerprint density at radius 2 is 2.50 bits per heavy atom. The van der Waals surface area contributed by atoms with E-state index >= 15 is 0 Å². The van der Waals surface area contributed by atoms with Gasteiger partial charge in [0, 0.05) is 11.7 Å². The van der Waals surface area contributed by atoms with Crippen LogP contribution in [0.1, 0.15) is 6.92 Å². The minimum Gasteiger partial charge on any atom is -0.299 e. The fraction of sp³-hybridized carbons (Fsp3) is 0.750. The van der Waals surface area contributed by atoms with Crippen molar-refractivity contribution < 1.29 is 4.79 Å². The summed E-state index contributed by atoms with van der Waals surface area (Å²) < 4.78 is 2.50. The van der Waals surface area contributed by atoms with Gasteiger partial charge in [-0.3, -0.25) is 8.32 Å². The molecule has 0 fully saturated rings. The van der Waals surface area contributed by atoms with Crippen LogP contribution in [0.4, 0.5) is 0 Å². The quantitative estimate of drug-likeness (QED) is 0.424. The predicted molar refractivity (Wildman–Crippen MR) is 45.2 cm³/mol. The Kier molecular flexibility index (Phi) is 4.74. The van der Waals surface area contributed by atoms with Crippen molar-refractivity contribution in [3.05, 3.63) is 0 Å². The molecule has 0 bridgehead atoms. The number of hydrogen-bond donors (Lipinski definition) is 2. The van der Waals surface area contributed by atoms with Crippen LogP contribution < -0.4 is 3.53 Å². The van der Waals surface area contributed by atoms with Gasteiger partial charge in [-0.15, -0.1) is 0 Å². The summed E-state index contributed by atoms with van der Waals surface area (Å²) in [5, 5.41) is 0. The second-order valence-electron chi connectivity index (χ2n) is 1.54. The molecule has 0 aliphatic carbocycles. The molecule has 0 aliphatic heterocycles. The molecule has 0 radical (unpaired) electrons. The molecule has 1 unspecified atom stereocenters. The minimum absolute atomic E-state index is 0.0234. The molecule has 2 nitrogen and oxygen atoms in total. The highest BCUT2D eigenvalue weighted by Crippen LogP contribution is 1.97. The largest absolute Gasteiger partial charge is 0.299 e. The molecule has 0 spiro atoms. The van der Waals surface area contributed by atoms with Gasteiger partial charge in [0.15, 0.2) is 0 Å². The first-order valence-electron chi connectivity index (χ1n) is 2.23. The number of halogens is 1. The summed E-state index contributed by atoms with van der Waals surface area (Å²) in [5.74, 6) is 0.672. The van der Waals surface area contributed by atoms with Crippen LogP contribution in [0.25, 0.3) is 0 Å². The van der Waals surface area contributed by atoms with Gasteiger partial charge >= 0.3 is 0 Å². The van der Waals surface area contributed by atoms with Gasteiger partial charge in [-0.1, -0.05) is 6.92 Å². The Morgan fingerprint density at radius 3 is 2.62 bits per heavy atom. The molecule has 48 valence electrons. The SMILES string of the molecule is CC(CS)C(=O)NI. The molecule has 0 rings (SSSR count).